The Morgan fingerprint density at radius 3 is 2.83 bits per heavy atom. The zero-order valence-corrected chi connectivity index (χ0v) is 12.2. The van der Waals surface area contributed by atoms with Gasteiger partial charge in [-0.05, 0) is 26.3 Å². The molecule has 102 valence electrons. The Kier molecular flexibility index (Phi) is 4.30. The number of hydrogen-bond acceptors (Lipinski definition) is 3. The van der Waals surface area contributed by atoms with Gasteiger partial charge in [-0.25, -0.2) is 0 Å². The van der Waals surface area contributed by atoms with Crippen molar-refractivity contribution in [1.82, 2.24) is 15.1 Å². The predicted octanol–water partition coefficient (Wildman–Crippen LogP) is 1.80. The fourth-order valence-corrected chi connectivity index (χ4v) is 3.09. The maximum Gasteiger partial charge on any atom is 0.0849 e. The van der Waals surface area contributed by atoms with Gasteiger partial charge < -0.3 is 10.1 Å². The van der Waals surface area contributed by atoms with Crippen molar-refractivity contribution in [3.63, 3.8) is 0 Å². The van der Waals surface area contributed by atoms with E-state index in [0.717, 1.165) is 55.4 Å². The van der Waals surface area contributed by atoms with Crippen molar-refractivity contribution < 1.29 is 4.74 Å². The van der Waals surface area contributed by atoms with Crippen molar-refractivity contribution in [2.45, 2.75) is 26.2 Å². The number of ether oxygens (including phenoxy) is 1. The minimum atomic E-state index is 0.164. The van der Waals surface area contributed by atoms with Gasteiger partial charge in [-0.3, -0.25) is 4.68 Å². The highest BCUT2D eigenvalue weighted by Crippen LogP contribution is 2.35. The van der Waals surface area contributed by atoms with Crippen molar-refractivity contribution in [3.8, 4) is 0 Å². The Labute approximate surface area is 114 Å². The second-order valence-corrected chi connectivity index (χ2v) is 5.57. The summed E-state index contributed by atoms with van der Waals surface area (Å²) in [6, 6.07) is 0. The molecule has 0 aromatic carbocycles. The fourth-order valence-electron chi connectivity index (χ4n) is 2.73. The molecule has 1 atom stereocenters. The van der Waals surface area contributed by atoms with Crippen LogP contribution in [-0.4, -0.2) is 36.6 Å². The Bertz CT molecular complexity index is 411. The van der Waals surface area contributed by atoms with Gasteiger partial charge in [0.05, 0.1) is 23.0 Å². The van der Waals surface area contributed by atoms with Crippen LogP contribution in [0.2, 0.25) is 5.02 Å². The molecule has 0 radical (unpaired) electrons. The molecular weight excluding hydrogens is 250 g/mol. The highest BCUT2D eigenvalue weighted by Gasteiger charge is 2.36. The summed E-state index contributed by atoms with van der Waals surface area (Å²) in [6.07, 6.45) is 2.88. The fraction of sp³-hybridized carbons (Fsp3) is 0.769. The summed E-state index contributed by atoms with van der Waals surface area (Å²) in [5.74, 6) is 0. The lowest BCUT2D eigenvalue weighted by atomic mass is 9.82. The van der Waals surface area contributed by atoms with Crippen LogP contribution in [0.25, 0.3) is 0 Å². The van der Waals surface area contributed by atoms with Gasteiger partial charge in [0, 0.05) is 25.6 Å². The van der Waals surface area contributed by atoms with Gasteiger partial charge >= 0.3 is 0 Å². The number of hydrogen-bond donors (Lipinski definition) is 1. The molecule has 5 heteroatoms. The number of aromatic nitrogens is 2. The Balaban J connectivity index is 2.24. The summed E-state index contributed by atoms with van der Waals surface area (Å²) in [5, 5.41) is 8.60. The molecule has 1 aromatic heterocycles. The molecule has 2 rings (SSSR count). The molecular formula is C13H22ClN3O. The van der Waals surface area contributed by atoms with Gasteiger partial charge in [-0.1, -0.05) is 18.5 Å². The molecule has 1 aliphatic heterocycles. The third kappa shape index (κ3) is 2.56. The van der Waals surface area contributed by atoms with Crippen molar-refractivity contribution in [2.75, 3.05) is 26.8 Å². The average molecular weight is 272 g/mol. The summed E-state index contributed by atoms with van der Waals surface area (Å²) < 4.78 is 7.51. The summed E-state index contributed by atoms with van der Waals surface area (Å²) in [7, 11) is 3.96. The van der Waals surface area contributed by atoms with Crippen LogP contribution in [0.5, 0.6) is 0 Å². The summed E-state index contributed by atoms with van der Waals surface area (Å²) in [6.45, 7) is 4.69. The first-order valence-corrected chi connectivity index (χ1v) is 6.92. The van der Waals surface area contributed by atoms with Crippen LogP contribution < -0.4 is 5.32 Å². The van der Waals surface area contributed by atoms with Gasteiger partial charge in [0.25, 0.3) is 0 Å². The van der Waals surface area contributed by atoms with E-state index in [1.807, 2.05) is 18.8 Å². The van der Waals surface area contributed by atoms with Gasteiger partial charge in [-0.2, -0.15) is 5.10 Å². The van der Waals surface area contributed by atoms with Crippen molar-refractivity contribution >= 4 is 11.6 Å². The second kappa shape index (κ2) is 5.59. The first kappa shape index (κ1) is 13.8. The number of aryl methyl sites for hydroxylation is 2. The predicted molar refractivity (Wildman–Crippen MR) is 73.1 cm³/mol. The average Bonchev–Trinajstić information content (AvgIpc) is 2.90. The monoisotopic (exact) mass is 271 g/mol. The van der Waals surface area contributed by atoms with E-state index in [1.165, 1.54) is 0 Å². The quantitative estimate of drug-likeness (QED) is 0.888. The molecule has 4 nitrogen and oxygen atoms in total. The lowest BCUT2D eigenvalue weighted by Gasteiger charge is -2.27. The third-order valence-electron chi connectivity index (χ3n) is 3.78. The van der Waals surface area contributed by atoms with E-state index in [1.54, 1.807) is 0 Å². The molecule has 0 amide bonds. The van der Waals surface area contributed by atoms with Crippen LogP contribution in [0.4, 0.5) is 0 Å². The lowest BCUT2D eigenvalue weighted by Crippen LogP contribution is -2.35. The molecule has 1 N–H and O–H groups in total. The maximum atomic E-state index is 6.43. The standard InChI is InChI=1S/C13H22ClN3O/c1-4-10-12(14)11(17(3)16-10)7-13(8-15-2)5-6-18-9-13/h15H,4-9H2,1-3H3. The van der Waals surface area contributed by atoms with Crippen LogP contribution in [-0.2, 0) is 24.6 Å². The zero-order valence-electron chi connectivity index (χ0n) is 11.4. The van der Waals surface area contributed by atoms with E-state index >= 15 is 0 Å². The molecule has 0 saturated carbocycles. The molecule has 18 heavy (non-hydrogen) atoms. The number of nitrogens with zero attached hydrogens (tertiary/aromatic N) is 2. The largest absolute Gasteiger partial charge is 0.381 e. The molecule has 0 aliphatic carbocycles. The van der Waals surface area contributed by atoms with E-state index in [2.05, 4.69) is 17.3 Å². The van der Waals surface area contributed by atoms with Crippen LogP contribution in [0.1, 0.15) is 24.7 Å². The molecule has 0 spiro atoms. The van der Waals surface area contributed by atoms with Crippen molar-refractivity contribution in [1.29, 1.82) is 0 Å². The Morgan fingerprint density at radius 2 is 2.33 bits per heavy atom. The summed E-state index contributed by atoms with van der Waals surface area (Å²) in [5.41, 5.74) is 2.29. The number of nitrogens with one attached hydrogen (secondary N) is 1. The first-order valence-electron chi connectivity index (χ1n) is 6.54. The van der Waals surface area contributed by atoms with E-state index in [-0.39, 0.29) is 5.41 Å². The van der Waals surface area contributed by atoms with E-state index < -0.39 is 0 Å². The zero-order chi connectivity index (χ0) is 13.2. The van der Waals surface area contributed by atoms with Crippen LogP contribution in [0.15, 0.2) is 0 Å². The van der Waals surface area contributed by atoms with Crippen LogP contribution >= 0.6 is 11.6 Å². The van der Waals surface area contributed by atoms with Gasteiger partial charge in [0.1, 0.15) is 0 Å². The Hall–Kier alpha value is -0.580. The number of rotatable bonds is 5. The van der Waals surface area contributed by atoms with Gasteiger partial charge in [0.15, 0.2) is 0 Å². The summed E-state index contributed by atoms with van der Waals surface area (Å²) in [4.78, 5) is 0. The molecule has 1 saturated heterocycles. The topological polar surface area (TPSA) is 39.1 Å². The smallest absolute Gasteiger partial charge is 0.0849 e. The van der Waals surface area contributed by atoms with Crippen LogP contribution in [0.3, 0.4) is 0 Å². The van der Waals surface area contributed by atoms with E-state index in [4.69, 9.17) is 16.3 Å². The highest BCUT2D eigenvalue weighted by molar-refractivity contribution is 6.31. The molecule has 2 heterocycles. The second-order valence-electron chi connectivity index (χ2n) is 5.19. The number of halogens is 1. The molecule has 1 aromatic rings. The van der Waals surface area contributed by atoms with Crippen molar-refractivity contribution in [2.24, 2.45) is 12.5 Å². The van der Waals surface area contributed by atoms with Crippen molar-refractivity contribution in [3.05, 3.63) is 16.4 Å². The normalized spacial score (nSPS) is 23.8. The maximum absolute atomic E-state index is 6.43. The summed E-state index contributed by atoms with van der Waals surface area (Å²) >= 11 is 6.43. The SMILES string of the molecule is CCc1nn(C)c(CC2(CNC)CCOC2)c1Cl. The van der Waals surface area contributed by atoms with Gasteiger partial charge in [-0.15, -0.1) is 0 Å². The molecule has 1 aliphatic rings. The lowest BCUT2D eigenvalue weighted by molar-refractivity contribution is 0.149. The third-order valence-corrected chi connectivity index (χ3v) is 4.22. The van der Waals surface area contributed by atoms with E-state index in [9.17, 15) is 0 Å². The van der Waals surface area contributed by atoms with Crippen LogP contribution in [0, 0.1) is 5.41 Å². The first-order chi connectivity index (χ1) is 8.62. The van der Waals surface area contributed by atoms with E-state index in [0.29, 0.717) is 0 Å². The molecule has 0 bridgehead atoms. The molecule has 1 fully saturated rings. The minimum absolute atomic E-state index is 0.164. The molecule has 1 unspecified atom stereocenters. The Morgan fingerprint density at radius 1 is 1.56 bits per heavy atom. The van der Waals surface area contributed by atoms with Gasteiger partial charge in [0.2, 0.25) is 0 Å². The highest BCUT2D eigenvalue weighted by atomic mass is 35.5. The minimum Gasteiger partial charge on any atom is -0.381 e.